The summed E-state index contributed by atoms with van der Waals surface area (Å²) in [5, 5.41) is 16.1. The van der Waals surface area contributed by atoms with Gasteiger partial charge in [-0.15, -0.1) is 0 Å². The predicted octanol–water partition coefficient (Wildman–Crippen LogP) is 0.836. The zero-order chi connectivity index (χ0) is 17.7. The van der Waals surface area contributed by atoms with E-state index in [0.717, 1.165) is 24.8 Å². The van der Waals surface area contributed by atoms with Crippen LogP contribution in [0.25, 0.3) is 0 Å². The number of nitrogens with one attached hydrogen (secondary N) is 2. The Hall–Kier alpha value is -2.28. The van der Waals surface area contributed by atoms with Crippen LogP contribution < -0.4 is 10.6 Å². The Labute approximate surface area is 142 Å². The molecule has 2 aliphatic heterocycles. The molecule has 7 heteroatoms. The molecule has 0 saturated heterocycles. The van der Waals surface area contributed by atoms with Crippen molar-refractivity contribution in [3.63, 3.8) is 0 Å². The number of amides is 2. The minimum absolute atomic E-state index is 0.0521. The molecule has 0 spiro atoms. The molecule has 0 aliphatic carbocycles. The zero-order valence-corrected chi connectivity index (χ0v) is 14.5. The molecule has 3 N–H and O–H groups in total. The molecule has 2 aliphatic rings. The van der Waals surface area contributed by atoms with Crippen molar-refractivity contribution in [1.82, 2.24) is 20.4 Å². The normalized spacial score (nSPS) is 20.0. The molecule has 2 heterocycles. The average molecular weight is 334 g/mol. The summed E-state index contributed by atoms with van der Waals surface area (Å²) in [6.07, 6.45) is 7.04. The number of carbonyl (C=O) groups excluding carboxylic acids is 2. The van der Waals surface area contributed by atoms with Gasteiger partial charge in [0.2, 0.25) is 0 Å². The maximum atomic E-state index is 12.5. The van der Waals surface area contributed by atoms with Gasteiger partial charge in [0.15, 0.2) is 6.17 Å². The van der Waals surface area contributed by atoms with Crippen molar-refractivity contribution < 1.29 is 14.7 Å². The monoisotopic (exact) mass is 334 g/mol. The van der Waals surface area contributed by atoms with Crippen LogP contribution in [-0.4, -0.2) is 60.1 Å². The van der Waals surface area contributed by atoms with Crippen LogP contribution in [-0.2, 0) is 9.59 Å². The number of likely N-dealkylation sites (N-methyl/N-ethyl adjacent to an activating group) is 1. The van der Waals surface area contributed by atoms with Crippen LogP contribution in [0.1, 0.15) is 26.2 Å². The molecule has 0 bridgehead atoms. The van der Waals surface area contributed by atoms with E-state index in [9.17, 15) is 14.7 Å². The van der Waals surface area contributed by atoms with Gasteiger partial charge >= 0.3 is 0 Å². The van der Waals surface area contributed by atoms with Crippen LogP contribution in [0.5, 0.6) is 0 Å². The average Bonchev–Trinajstić information content (AvgIpc) is 2.54. The first-order valence-electron chi connectivity index (χ1n) is 8.27. The summed E-state index contributed by atoms with van der Waals surface area (Å²) in [7, 11) is 3.81. The van der Waals surface area contributed by atoms with Crippen LogP contribution in [0.2, 0.25) is 0 Å². The molecule has 2 amide bonds. The van der Waals surface area contributed by atoms with Gasteiger partial charge in [-0.2, -0.15) is 0 Å². The maximum absolute atomic E-state index is 12.5. The highest BCUT2D eigenvalue weighted by Crippen LogP contribution is 2.23. The first-order chi connectivity index (χ1) is 11.5. The number of fused-ring (bicyclic) bond motifs is 1. The molecule has 0 aromatic carbocycles. The quantitative estimate of drug-likeness (QED) is 0.474. The van der Waals surface area contributed by atoms with E-state index < -0.39 is 18.0 Å². The van der Waals surface area contributed by atoms with Gasteiger partial charge in [-0.3, -0.25) is 14.5 Å². The number of unbranched alkanes of at least 4 members (excludes halogenated alkanes) is 2. The van der Waals surface area contributed by atoms with E-state index in [-0.39, 0.29) is 11.3 Å². The minimum atomic E-state index is -0.658. The van der Waals surface area contributed by atoms with Gasteiger partial charge in [0.1, 0.15) is 11.3 Å². The summed E-state index contributed by atoms with van der Waals surface area (Å²) >= 11 is 0. The summed E-state index contributed by atoms with van der Waals surface area (Å²) in [5.41, 5.74) is 0.790. The summed E-state index contributed by atoms with van der Waals surface area (Å²) in [6.45, 7) is 3.21. The van der Waals surface area contributed by atoms with Crippen LogP contribution in [0.15, 0.2) is 35.4 Å². The van der Waals surface area contributed by atoms with Gasteiger partial charge in [-0.25, -0.2) is 0 Å². The van der Waals surface area contributed by atoms with Gasteiger partial charge in [0, 0.05) is 31.1 Å². The van der Waals surface area contributed by atoms with Gasteiger partial charge < -0.3 is 20.6 Å². The van der Waals surface area contributed by atoms with Crippen molar-refractivity contribution in [2.45, 2.75) is 32.4 Å². The number of aliphatic hydroxyl groups excluding tert-OH is 1. The maximum Gasteiger partial charge on any atom is 0.266 e. The van der Waals surface area contributed by atoms with Crippen molar-refractivity contribution in [3.05, 3.63) is 35.4 Å². The van der Waals surface area contributed by atoms with E-state index >= 15 is 0 Å². The summed E-state index contributed by atoms with van der Waals surface area (Å²) < 4.78 is 0. The number of carbonyl (C=O) groups is 2. The van der Waals surface area contributed by atoms with E-state index in [0.29, 0.717) is 13.1 Å². The number of nitrogens with zero attached hydrogens (tertiary/aromatic N) is 2. The molecular weight excluding hydrogens is 308 g/mol. The van der Waals surface area contributed by atoms with Crippen molar-refractivity contribution in [2.24, 2.45) is 0 Å². The standard InChI is InChI=1S/C17H26N4O3/c1-4-5-6-8-18-16(23)13-10-19-15-14(22)12(11-20(2)3)7-9-21(15)17(13)24/h7,9-10,15,19,22H,4-6,8,11H2,1-3H3,(H,18,23). The lowest BCUT2D eigenvalue weighted by atomic mass is 10.1. The van der Waals surface area contributed by atoms with Crippen molar-refractivity contribution >= 4 is 11.8 Å². The fourth-order valence-electron chi connectivity index (χ4n) is 2.67. The molecule has 1 atom stereocenters. The fraction of sp³-hybridized carbons (Fsp3) is 0.529. The Morgan fingerprint density at radius 3 is 2.83 bits per heavy atom. The van der Waals surface area contributed by atoms with Gasteiger partial charge in [-0.05, 0) is 26.6 Å². The van der Waals surface area contributed by atoms with E-state index in [4.69, 9.17) is 0 Å². The SMILES string of the molecule is CCCCCNC(=O)C1=CNC2C(O)=C(CN(C)C)C=CN2C1=O. The van der Waals surface area contributed by atoms with Gasteiger partial charge in [0.25, 0.3) is 11.8 Å². The molecule has 0 aromatic rings. The first-order valence-corrected chi connectivity index (χ1v) is 8.27. The number of hydrogen-bond acceptors (Lipinski definition) is 5. The first kappa shape index (κ1) is 18.1. The highest BCUT2D eigenvalue weighted by atomic mass is 16.3. The third-order valence-electron chi connectivity index (χ3n) is 3.95. The lowest BCUT2D eigenvalue weighted by Crippen LogP contribution is -2.53. The number of aliphatic hydroxyl groups is 1. The van der Waals surface area contributed by atoms with Crippen molar-refractivity contribution in [2.75, 3.05) is 27.2 Å². The summed E-state index contributed by atoms with van der Waals surface area (Å²) in [5.74, 6) is -0.713. The van der Waals surface area contributed by atoms with E-state index in [1.165, 1.54) is 11.1 Å². The molecule has 0 saturated carbocycles. The van der Waals surface area contributed by atoms with Crippen molar-refractivity contribution in [1.29, 1.82) is 0 Å². The Bertz CT molecular complexity index is 593. The second kappa shape index (κ2) is 8.01. The third kappa shape index (κ3) is 3.97. The summed E-state index contributed by atoms with van der Waals surface area (Å²) in [4.78, 5) is 28.0. The van der Waals surface area contributed by atoms with Crippen molar-refractivity contribution in [3.8, 4) is 0 Å². The van der Waals surface area contributed by atoms with Crippen LogP contribution in [0.4, 0.5) is 0 Å². The van der Waals surface area contributed by atoms with Gasteiger partial charge in [-0.1, -0.05) is 19.8 Å². The number of rotatable bonds is 7. The number of hydrogen-bond donors (Lipinski definition) is 3. The zero-order valence-electron chi connectivity index (χ0n) is 14.5. The second-order valence-electron chi connectivity index (χ2n) is 6.27. The van der Waals surface area contributed by atoms with Crippen LogP contribution >= 0.6 is 0 Å². The second-order valence-corrected chi connectivity index (χ2v) is 6.27. The molecule has 0 radical (unpaired) electrons. The molecule has 24 heavy (non-hydrogen) atoms. The van der Waals surface area contributed by atoms with E-state index in [2.05, 4.69) is 17.6 Å². The fourth-order valence-corrected chi connectivity index (χ4v) is 2.67. The third-order valence-corrected chi connectivity index (χ3v) is 3.95. The molecule has 0 fully saturated rings. The molecular formula is C17H26N4O3. The smallest absolute Gasteiger partial charge is 0.266 e. The predicted molar refractivity (Wildman–Crippen MR) is 91.7 cm³/mol. The lowest BCUT2D eigenvalue weighted by Gasteiger charge is -2.36. The Morgan fingerprint density at radius 1 is 1.42 bits per heavy atom. The largest absolute Gasteiger partial charge is 0.508 e. The Kier molecular flexibility index (Phi) is 6.03. The molecule has 132 valence electrons. The minimum Gasteiger partial charge on any atom is -0.508 e. The molecule has 0 aromatic heterocycles. The molecule has 7 nitrogen and oxygen atoms in total. The van der Waals surface area contributed by atoms with E-state index in [1.54, 1.807) is 12.3 Å². The highest BCUT2D eigenvalue weighted by molar-refractivity contribution is 6.19. The Balaban J connectivity index is 2.06. The van der Waals surface area contributed by atoms with Crippen LogP contribution in [0, 0.1) is 0 Å². The Morgan fingerprint density at radius 2 is 2.17 bits per heavy atom. The highest BCUT2D eigenvalue weighted by Gasteiger charge is 2.36. The molecule has 1 unspecified atom stereocenters. The van der Waals surface area contributed by atoms with Gasteiger partial charge in [0.05, 0.1) is 0 Å². The lowest BCUT2D eigenvalue weighted by molar-refractivity contribution is -0.131. The van der Waals surface area contributed by atoms with E-state index in [1.807, 2.05) is 19.0 Å². The molecule has 2 rings (SSSR count). The van der Waals surface area contributed by atoms with Crippen LogP contribution in [0.3, 0.4) is 0 Å². The topological polar surface area (TPSA) is 84.9 Å². The summed E-state index contributed by atoms with van der Waals surface area (Å²) in [6, 6.07) is 0.